The summed E-state index contributed by atoms with van der Waals surface area (Å²) in [6.07, 6.45) is 5.63. The van der Waals surface area contributed by atoms with Crippen LogP contribution in [0.5, 0.6) is 0 Å². The highest BCUT2D eigenvalue weighted by molar-refractivity contribution is 5.87. The van der Waals surface area contributed by atoms with Gasteiger partial charge in [0, 0.05) is 25.1 Å². The number of aromatic amines is 1. The summed E-state index contributed by atoms with van der Waals surface area (Å²) in [4.78, 5) is 3.02. The summed E-state index contributed by atoms with van der Waals surface area (Å²) in [5.74, 6) is 0. The van der Waals surface area contributed by atoms with Crippen LogP contribution in [0.4, 0.5) is 0 Å². The molecule has 0 atom stereocenters. The van der Waals surface area contributed by atoms with E-state index in [2.05, 4.69) is 11.1 Å². The summed E-state index contributed by atoms with van der Waals surface area (Å²) < 4.78 is 1.97. The lowest BCUT2D eigenvalue weighted by atomic mass is 10.2. The first kappa shape index (κ1) is 9.35. The molecule has 2 rings (SSSR count). The monoisotopic (exact) mass is 197 g/mol. The lowest BCUT2D eigenvalue weighted by molar-refractivity contribution is 0.915. The molecule has 74 valence electrons. The molecule has 15 heavy (non-hydrogen) atoms. The predicted octanol–water partition coefficient (Wildman–Crippen LogP) is 2.42. The summed E-state index contributed by atoms with van der Waals surface area (Å²) in [5, 5.41) is 9.04. The Morgan fingerprint density at radius 3 is 2.87 bits per heavy atom. The second-order valence-electron chi connectivity index (χ2n) is 3.30. The quantitative estimate of drug-likeness (QED) is 0.738. The lowest BCUT2D eigenvalue weighted by Crippen LogP contribution is -1.89. The van der Waals surface area contributed by atoms with Crippen molar-refractivity contribution in [3.05, 3.63) is 48.0 Å². The molecule has 0 aliphatic carbocycles. The third-order valence-electron chi connectivity index (χ3n) is 2.28. The van der Waals surface area contributed by atoms with Crippen molar-refractivity contribution in [2.75, 3.05) is 0 Å². The van der Waals surface area contributed by atoms with Crippen LogP contribution in [-0.2, 0) is 7.05 Å². The first-order valence-electron chi connectivity index (χ1n) is 4.68. The fraction of sp³-hybridized carbons (Fsp3) is 0.0833. The molecule has 0 amide bonds. The van der Waals surface area contributed by atoms with E-state index in [1.54, 1.807) is 0 Å². The Balaban J connectivity index is 2.41. The van der Waals surface area contributed by atoms with Gasteiger partial charge in [-0.25, -0.2) is 0 Å². The number of nitriles is 1. The number of aromatic nitrogens is 2. The Morgan fingerprint density at radius 2 is 2.33 bits per heavy atom. The maximum Gasteiger partial charge on any atom is 0.101 e. The van der Waals surface area contributed by atoms with Gasteiger partial charge < -0.3 is 9.55 Å². The smallest absolute Gasteiger partial charge is 0.101 e. The molecule has 0 bridgehead atoms. The predicted molar refractivity (Wildman–Crippen MR) is 59.7 cm³/mol. The van der Waals surface area contributed by atoms with Gasteiger partial charge in [0.25, 0.3) is 0 Å². The molecule has 3 heteroatoms. The average Bonchev–Trinajstić information content (AvgIpc) is 2.86. The van der Waals surface area contributed by atoms with E-state index in [1.165, 1.54) is 0 Å². The van der Waals surface area contributed by atoms with Gasteiger partial charge in [-0.05, 0) is 30.3 Å². The molecule has 0 aliphatic heterocycles. The highest BCUT2D eigenvalue weighted by Crippen LogP contribution is 2.15. The van der Waals surface area contributed by atoms with Gasteiger partial charge in [0.1, 0.15) is 6.07 Å². The largest absolute Gasteiger partial charge is 0.361 e. The van der Waals surface area contributed by atoms with Crippen LogP contribution in [0.3, 0.4) is 0 Å². The van der Waals surface area contributed by atoms with Gasteiger partial charge in [-0.1, -0.05) is 0 Å². The van der Waals surface area contributed by atoms with Crippen molar-refractivity contribution in [3.8, 4) is 6.07 Å². The molecule has 2 aromatic rings. The molecule has 0 aliphatic rings. The molecule has 0 saturated heterocycles. The minimum absolute atomic E-state index is 0.641. The minimum atomic E-state index is 0.641. The maximum atomic E-state index is 9.04. The van der Waals surface area contributed by atoms with Crippen molar-refractivity contribution in [3.63, 3.8) is 0 Å². The van der Waals surface area contributed by atoms with E-state index in [0.717, 1.165) is 11.4 Å². The van der Waals surface area contributed by atoms with E-state index in [9.17, 15) is 0 Å². The average molecular weight is 197 g/mol. The zero-order valence-electron chi connectivity index (χ0n) is 8.44. The van der Waals surface area contributed by atoms with Crippen LogP contribution in [0.2, 0.25) is 0 Å². The number of H-pyrrole nitrogens is 1. The van der Waals surface area contributed by atoms with Gasteiger partial charge in [-0.15, -0.1) is 0 Å². The molecule has 0 saturated carbocycles. The molecule has 2 aromatic heterocycles. The van der Waals surface area contributed by atoms with Crippen molar-refractivity contribution >= 4 is 11.6 Å². The van der Waals surface area contributed by atoms with Crippen molar-refractivity contribution in [2.24, 2.45) is 7.05 Å². The second-order valence-corrected chi connectivity index (χ2v) is 3.30. The van der Waals surface area contributed by atoms with Crippen LogP contribution in [0.25, 0.3) is 11.6 Å². The van der Waals surface area contributed by atoms with Gasteiger partial charge in [-0.3, -0.25) is 0 Å². The first-order chi connectivity index (χ1) is 7.31. The summed E-state index contributed by atoms with van der Waals surface area (Å²) in [7, 11) is 1.95. The number of hydrogen-bond donors (Lipinski definition) is 1. The van der Waals surface area contributed by atoms with Crippen LogP contribution in [-0.4, -0.2) is 9.55 Å². The molecular formula is C12H11N3. The molecule has 2 heterocycles. The fourth-order valence-electron chi connectivity index (χ4n) is 1.44. The summed E-state index contributed by atoms with van der Waals surface area (Å²) in [6.45, 7) is 0. The van der Waals surface area contributed by atoms with Crippen LogP contribution in [0, 0.1) is 11.3 Å². The van der Waals surface area contributed by atoms with E-state index >= 15 is 0 Å². The van der Waals surface area contributed by atoms with Gasteiger partial charge in [0.05, 0.1) is 11.3 Å². The third-order valence-corrected chi connectivity index (χ3v) is 2.28. The molecule has 0 aromatic carbocycles. The molecule has 0 fully saturated rings. The highest BCUT2D eigenvalue weighted by atomic mass is 14.9. The van der Waals surface area contributed by atoms with Crippen LogP contribution >= 0.6 is 0 Å². The van der Waals surface area contributed by atoms with Gasteiger partial charge in [-0.2, -0.15) is 5.26 Å². The standard InChI is InChI=1S/C12H11N3/c1-15-7-3-4-11(15)8-10(9-13)12-5-2-6-14-12/h2-8,14H,1H3/b10-8-. The van der Waals surface area contributed by atoms with Crippen LogP contribution < -0.4 is 0 Å². The van der Waals surface area contributed by atoms with Gasteiger partial charge in [0.2, 0.25) is 0 Å². The Labute approximate surface area is 88.3 Å². The Bertz CT molecular complexity index is 509. The molecule has 3 nitrogen and oxygen atoms in total. The lowest BCUT2D eigenvalue weighted by Gasteiger charge is -1.98. The maximum absolute atomic E-state index is 9.04. The topological polar surface area (TPSA) is 44.5 Å². The van der Waals surface area contributed by atoms with E-state index in [-0.39, 0.29) is 0 Å². The molecule has 1 N–H and O–H groups in total. The fourth-order valence-corrected chi connectivity index (χ4v) is 1.44. The van der Waals surface area contributed by atoms with Gasteiger partial charge >= 0.3 is 0 Å². The van der Waals surface area contributed by atoms with Gasteiger partial charge in [0.15, 0.2) is 0 Å². The number of nitrogens with zero attached hydrogens (tertiary/aromatic N) is 2. The number of hydrogen-bond acceptors (Lipinski definition) is 1. The van der Waals surface area contributed by atoms with E-state index in [0.29, 0.717) is 5.57 Å². The van der Waals surface area contributed by atoms with Crippen molar-refractivity contribution in [1.29, 1.82) is 5.26 Å². The number of aryl methyl sites for hydroxylation is 1. The third kappa shape index (κ3) is 1.84. The van der Waals surface area contributed by atoms with Crippen molar-refractivity contribution in [1.82, 2.24) is 9.55 Å². The summed E-state index contributed by atoms with van der Waals surface area (Å²) in [6, 6.07) is 9.88. The van der Waals surface area contributed by atoms with E-state index in [4.69, 9.17) is 5.26 Å². The van der Waals surface area contributed by atoms with E-state index in [1.807, 2.05) is 54.3 Å². The number of rotatable bonds is 2. The Morgan fingerprint density at radius 1 is 1.47 bits per heavy atom. The summed E-state index contributed by atoms with van der Waals surface area (Å²) in [5.41, 5.74) is 2.50. The molecular weight excluding hydrogens is 186 g/mol. The Kier molecular flexibility index (Phi) is 2.42. The zero-order chi connectivity index (χ0) is 10.7. The number of allylic oxidation sites excluding steroid dienone is 1. The van der Waals surface area contributed by atoms with E-state index < -0.39 is 0 Å². The number of nitrogens with one attached hydrogen (secondary N) is 1. The second kappa shape index (κ2) is 3.89. The highest BCUT2D eigenvalue weighted by Gasteiger charge is 2.02. The summed E-state index contributed by atoms with van der Waals surface area (Å²) >= 11 is 0. The normalized spacial score (nSPS) is 11.3. The van der Waals surface area contributed by atoms with Crippen LogP contribution in [0.15, 0.2) is 36.7 Å². The first-order valence-corrected chi connectivity index (χ1v) is 4.68. The SMILES string of the molecule is Cn1cccc1/C=C(/C#N)c1ccc[nH]1. The molecule has 0 unspecified atom stereocenters. The Hall–Kier alpha value is -2.21. The van der Waals surface area contributed by atoms with Crippen LogP contribution in [0.1, 0.15) is 11.4 Å². The molecule has 0 spiro atoms. The van der Waals surface area contributed by atoms with Crippen molar-refractivity contribution < 1.29 is 0 Å². The van der Waals surface area contributed by atoms with Crippen molar-refractivity contribution in [2.45, 2.75) is 0 Å². The molecule has 0 radical (unpaired) electrons. The zero-order valence-corrected chi connectivity index (χ0v) is 8.44. The minimum Gasteiger partial charge on any atom is -0.361 e.